The number of ether oxygens (including phenoxy) is 1. The third kappa shape index (κ3) is 4.00. The number of nitrogens with two attached hydrogens (primary N) is 1. The fourth-order valence-electron chi connectivity index (χ4n) is 1.26. The maximum absolute atomic E-state index is 12.1. The van der Waals surface area contributed by atoms with Crippen molar-refractivity contribution in [2.24, 2.45) is 0 Å². The van der Waals surface area contributed by atoms with Gasteiger partial charge in [0.25, 0.3) is 0 Å². The lowest BCUT2D eigenvalue weighted by Crippen LogP contribution is -2.13. The highest BCUT2D eigenvalue weighted by Gasteiger charge is 2.28. The summed E-state index contributed by atoms with van der Waals surface area (Å²) in [6.45, 7) is 2.47. The largest absolute Gasteiger partial charge is 0.494 e. The molecule has 0 amide bonds. The third-order valence-corrected chi connectivity index (χ3v) is 1.98. The van der Waals surface area contributed by atoms with Crippen molar-refractivity contribution in [2.45, 2.75) is 25.9 Å². The molecule has 0 spiro atoms. The summed E-state index contributed by atoms with van der Waals surface area (Å²) < 4.78 is 41.7. The highest BCUT2D eigenvalue weighted by atomic mass is 19.4. The van der Waals surface area contributed by atoms with E-state index in [0.717, 1.165) is 6.42 Å². The molecule has 16 heavy (non-hydrogen) atoms. The Labute approximate surface area is 92.2 Å². The fraction of sp³-hybridized carbons (Fsp3) is 0.455. The van der Waals surface area contributed by atoms with Crippen molar-refractivity contribution < 1.29 is 17.9 Å². The van der Waals surface area contributed by atoms with Gasteiger partial charge in [0.05, 0.1) is 13.0 Å². The summed E-state index contributed by atoms with van der Waals surface area (Å²) in [5.74, 6) is 0.505. The van der Waals surface area contributed by atoms with E-state index in [4.69, 9.17) is 10.5 Å². The zero-order valence-electron chi connectivity index (χ0n) is 8.97. The first-order valence-corrected chi connectivity index (χ1v) is 5.00. The first-order chi connectivity index (χ1) is 7.42. The zero-order chi connectivity index (χ0) is 12.2. The fourth-order valence-corrected chi connectivity index (χ4v) is 1.26. The van der Waals surface area contributed by atoms with Crippen LogP contribution in [0.1, 0.15) is 18.9 Å². The Morgan fingerprint density at radius 2 is 2.00 bits per heavy atom. The summed E-state index contributed by atoms with van der Waals surface area (Å²) in [6, 6.07) is 4.29. The van der Waals surface area contributed by atoms with Gasteiger partial charge in [-0.15, -0.1) is 0 Å². The minimum absolute atomic E-state index is 0.0800. The van der Waals surface area contributed by atoms with Gasteiger partial charge in [0, 0.05) is 11.8 Å². The van der Waals surface area contributed by atoms with Crippen LogP contribution in [0, 0.1) is 0 Å². The maximum atomic E-state index is 12.1. The topological polar surface area (TPSA) is 35.2 Å². The number of nitrogen functional groups attached to an aromatic ring is 1. The van der Waals surface area contributed by atoms with Crippen LogP contribution in [0.2, 0.25) is 0 Å². The van der Waals surface area contributed by atoms with Gasteiger partial charge in [0.1, 0.15) is 5.75 Å². The molecule has 0 aliphatic carbocycles. The first-order valence-electron chi connectivity index (χ1n) is 5.00. The van der Waals surface area contributed by atoms with Crippen LogP contribution in [0.5, 0.6) is 5.75 Å². The number of alkyl halides is 3. The number of halogens is 3. The van der Waals surface area contributed by atoms with Crippen LogP contribution in [-0.2, 0) is 6.42 Å². The molecule has 0 aliphatic rings. The number of anilines is 1. The quantitative estimate of drug-likeness (QED) is 0.811. The van der Waals surface area contributed by atoms with Crippen molar-refractivity contribution in [3.05, 3.63) is 23.8 Å². The van der Waals surface area contributed by atoms with Crippen LogP contribution < -0.4 is 10.5 Å². The normalized spacial score (nSPS) is 11.5. The van der Waals surface area contributed by atoms with E-state index in [2.05, 4.69) is 0 Å². The highest BCUT2D eigenvalue weighted by Crippen LogP contribution is 2.27. The van der Waals surface area contributed by atoms with E-state index in [1.165, 1.54) is 18.2 Å². The molecule has 0 atom stereocenters. The van der Waals surface area contributed by atoms with Gasteiger partial charge < -0.3 is 10.5 Å². The summed E-state index contributed by atoms with van der Waals surface area (Å²) >= 11 is 0. The van der Waals surface area contributed by atoms with Crippen molar-refractivity contribution in [3.8, 4) is 5.75 Å². The maximum Gasteiger partial charge on any atom is 0.393 e. The number of benzene rings is 1. The van der Waals surface area contributed by atoms with Crippen LogP contribution in [-0.4, -0.2) is 12.8 Å². The van der Waals surface area contributed by atoms with E-state index in [1.54, 1.807) is 0 Å². The summed E-state index contributed by atoms with van der Waals surface area (Å²) in [5.41, 5.74) is 5.72. The Balaban J connectivity index is 2.75. The van der Waals surface area contributed by atoms with Gasteiger partial charge in [-0.1, -0.05) is 13.0 Å². The molecule has 0 radical (unpaired) electrons. The Kier molecular flexibility index (Phi) is 4.04. The van der Waals surface area contributed by atoms with E-state index in [1.807, 2.05) is 6.92 Å². The molecule has 0 bridgehead atoms. The standard InChI is InChI=1S/C11H14F3NO/c1-2-5-16-9-4-3-8(10(15)6-9)7-11(12,13)14/h3-4,6H,2,5,7,15H2,1H3. The van der Waals surface area contributed by atoms with Crippen LogP contribution in [0.4, 0.5) is 18.9 Å². The molecule has 5 heteroatoms. The van der Waals surface area contributed by atoms with Crippen LogP contribution in [0.15, 0.2) is 18.2 Å². The highest BCUT2D eigenvalue weighted by molar-refractivity contribution is 5.51. The molecule has 1 rings (SSSR count). The Morgan fingerprint density at radius 3 is 2.50 bits per heavy atom. The summed E-state index contributed by atoms with van der Waals surface area (Å²) in [6.07, 6.45) is -4.41. The third-order valence-electron chi connectivity index (χ3n) is 1.98. The lowest BCUT2D eigenvalue weighted by Gasteiger charge is -2.11. The van der Waals surface area contributed by atoms with Crippen molar-refractivity contribution in [1.82, 2.24) is 0 Å². The summed E-state index contributed by atoms with van der Waals surface area (Å²) in [4.78, 5) is 0. The molecule has 0 aliphatic heterocycles. The van der Waals surface area contributed by atoms with Gasteiger partial charge in [-0.25, -0.2) is 0 Å². The average Bonchev–Trinajstić information content (AvgIpc) is 2.17. The summed E-state index contributed by atoms with van der Waals surface area (Å²) in [5, 5.41) is 0. The first kappa shape index (κ1) is 12.7. The molecule has 2 nitrogen and oxygen atoms in total. The lowest BCUT2D eigenvalue weighted by molar-refractivity contribution is -0.127. The van der Waals surface area contributed by atoms with Crippen molar-refractivity contribution in [1.29, 1.82) is 0 Å². The molecule has 2 N–H and O–H groups in total. The Bertz CT molecular complexity index is 350. The molecular formula is C11H14F3NO. The SMILES string of the molecule is CCCOc1ccc(CC(F)(F)F)c(N)c1. The van der Waals surface area contributed by atoms with Crippen molar-refractivity contribution in [3.63, 3.8) is 0 Å². The van der Waals surface area contributed by atoms with Gasteiger partial charge in [0.2, 0.25) is 0 Å². The second-order valence-electron chi connectivity index (χ2n) is 3.50. The number of rotatable bonds is 4. The van der Waals surface area contributed by atoms with E-state index in [9.17, 15) is 13.2 Å². The van der Waals surface area contributed by atoms with Crippen LogP contribution in [0.25, 0.3) is 0 Å². The number of hydrogen-bond donors (Lipinski definition) is 1. The van der Waals surface area contributed by atoms with Crippen molar-refractivity contribution in [2.75, 3.05) is 12.3 Å². The minimum Gasteiger partial charge on any atom is -0.494 e. The number of hydrogen-bond acceptors (Lipinski definition) is 2. The molecule has 1 aromatic carbocycles. The monoisotopic (exact) mass is 233 g/mol. The summed E-state index contributed by atoms with van der Waals surface area (Å²) in [7, 11) is 0. The van der Waals surface area contributed by atoms with E-state index in [-0.39, 0.29) is 11.3 Å². The van der Waals surface area contributed by atoms with E-state index in [0.29, 0.717) is 12.4 Å². The van der Waals surface area contributed by atoms with Gasteiger partial charge >= 0.3 is 6.18 Å². The van der Waals surface area contributed by atoms with Crippen molar-refractivity contribution >= 4 is 5.69 Å². The van der Waals surface area contributed by atoms with Gasteiger partial charge in [-0.2, -0.15) is 13.2 Å². The predicted molar refractivity (Wildman–Crippen MR) is 56.4 cm³/mol. The smallest absolute Gasteiger partial charge is 0.393 e. The Hall–Kier alpha value is -1.39. The Morgan fingerprint density at radius 1 is 1.31 bits per heavy atom. The van der Waals surface area contributed by atoms with Crippen LogP contribution >= 0.6 is 0 Å². The minimum atomic E-state index is -4.24. The predicted octanol–water partition coefficient (Wildman–Crippen LogP) is 3.16. The van der Waals surface area contributed by atoms with Crippen LogP contribution in [0.3, 0.4) is 0 Å². The molecule has 90 valence electrons. The molecule has 0 saturated heterocycles. The average molecular weight is 233 g/mol. The van der Waals surface area contributed by atoms with Gasteiger partial charge in [-0.05, 0) is 18.1 Å². The molecular weight excluding hydrogens is 219 g/mol. The van der Waals surface area contributed by atoms with Gasteiger partial charge in [0.15, 0.2) is 0 Å². The molecule has 1 aromatic rings. The van der Waals surface area contributed by atoms with E-state index >= 15 is 0 Å². The molecule has 0 aromatic heterocycles. The molecule has 0 saturated carbocycles. The second kappa shape index (κ2) is 5.09. The molecule has 0 heterocycles. The second-order valence-corrected chi connectivity index (χ2v) is 3.50. The lowest BCUT2D eigenvalue weighted by atomic mass is 10.1. The zero-order valence-corrected chi connectivity index (χ0v) is 8.97. The molecule has 0 fully saturated rings. The van der Waals surface area contributed by atoms with E-state index < -0.39 is 12.6 Å². The molecule has 0 unspecified atom stereocenters. The van der Waals surface area contributed by atoms with Gasteiger partial charge in [-0.3, -0.25) is 0 Å².